The van der Waals surface area contributed by atoms with E-state index in [0.717, 1.165) is 186 Å². The Hall–Kier alpha value is -11.5. The number of ketones is 5. The van der Waals surface area contributed by atoms with Crippen molar-refractivity contribution in [1.29, 1.82) is 0 Å². The molecular formula is C114H131N5O7. The van der Waals surface area contributed by atoms with Gasteiger partial charge in [-0.3, -0.25) is 24.0 Å². The number of fused-ring (bicyclic) bond motifs is 1. The molecule has 1 unspecified atom stereocenters. The molecule has 7 heterocycles. The van der Waals surface area contributed by atoms with Crippen LogP contribution in [0.5, 0.6) is 0 Å². The largest absolute Gasteiger partial charge is 0.456 e. The first-order chi connectivity index (χ1) is 59.9. The van der Waals surface area contributed by atoms with E-state index in [1.807, 2.05) is 91.0 Å². The van der Waals surface area contributed by atoms with Crippen molar-refractivity contribution in [2.24, 2.45) is 5.92 Å². The summed E-state index contributed by atoms with van der Waals surface area (Å²) in [5, 5.41) is 11.4. The summed E-state index contributed by atoms with van der Waals surface area (Å²) >= 11 is 0. The third-order valence-corrected chi connectivity index (χ3v) is 24.8. The average Bonchev–Trinajstić information content (AvgIpc) is 1.47. The number of carbonyl (C=O) groups excluding carboxylic acids is 5. The summed E-state index contributed by atoms with van der Waals surface area (Å²) in [5.41, 5.74) is 32.4. The molecule has 10 aromatic carbocycles. The van der Waals surface area contributed by atoms with Crippen LogP contribution in [0.4, 0.5) is 0 Å². The lowest BCUT2D eigenvalue weighted by molar-refractivity contribution is 0.100. The van der Waals surface area contributed by atoms with E-state index in [2.05, 4.69) is 209 Å². The van der Waals surface area contributed by atoms with Gasteiger partial charge in [0.05, 0.1) is 12.7 Å². The molecule has 654 valence electrons. The Morgan fingerprint density at radius 1 is 0.302 bits per heavy atom. The quantitative estimate of drug-likeness (QED) is 0.0522. The van der Waals surface area contributed by atoms with E-state index in [4.69, 9.17) is 9.15 Å². The van der Waals surface area contributed by atoms with E-state index in [0.29, 0.717) is 6.10 Å². The topological polar surface area (TPSA) is 154 Å². The maximum Gasteiger partial charge on any atom is 0.159 e. The van der Waals surface area contributed by atoms with E-state index in [-0.39, 0.29) is 51.2 Å². The van der Waals surface area contributed by atoms with Gasteiger partial charge in [-0.25, -0.2) is 0 Å². The number of aryl methyl sites for hydroxylation is 2. The average molecular weight is 1680 g/mol. The molecule has 11 aromatic rings. The first-order valence-electron chi connectivity index (χ1n) is 44.5. The number of furan rings is 1. The fourth-order valence-electron chi connectivity index (χ4n) is 17.5. The molecule has 6 saturated heterocycles. The van der Waals surface area contributed by atoms with Gasteiger partial charge in [0.15, 0.2) is 28.9 Å². The Kier molecular flexibility index (Phi) is 35.3. The molecule has 12 heteroatoms. The third kappa shape index (κ3) is 26.1. The molecule has 3 N–H and O–H groups in total. The van der Waals surface area contributed by atoms with Crippen LogP contribution >= 0.6 is 0 Å². The SMILES string of the molecule is C.C.C.CC(=O)c1ccc(C(=C2CCN(CC3CC3)CC2)c2ccccc2)cc1.CC(=O)c1ccc(C(=C2CCN(CC3CO3)CC2)c2ccccc2)cc1.CC(=O)c1ccc(C(=C2CCNCC2)c2cc3ccccc3o2)cc1.CC(=O)c1ccc(C(=C2CCNCC2)c2ccc(C)cc2)cc1.CC(=O)c1ccc(C(=C2CCNCC2)c2ccc(C)cc2)cc1. The minimum atomic E-state index is 0. The molecule has 1 aromatic heterocycles. The number of carbonyl (C=O) groups is 5. The number of piperidine rings is 5. The molecule has 7 fully saturated rings. The van der Waals surface area contributed by atoms with E-state index in [1.54, 1.807) is 40.2 Å². The highest BCUT2D eigenvalue weighted by atomic mass is 16.6. The van der Waals surface area contributed by atoms with Crippen LogP contribution < -0.4 is 16.0 Å². The summed E-state index contributed by atoms with van der Waals surface area (Å²) in [6.07, 6.45) is 14.1. The fourth-order valence-corrected chi connectivity index (χ4v) is 17.5. The summed E-state index contributed by atoms with van der Waals surface area (Å²) in [7, 11) is 0. The number of nitrogens with one attached hydrogen (secondary N) is 3. The third-order valence-electron chi connectivity index (χ3n) is 24.8. The van der Waals surface area contributed by atoms with Crippen molar-refractivity contribution in [3.05, 3.63) is 383 Å². The predicted molar refractivity (Wildman–Crippen MR) is 524 cm³/mol. The Morgan fingerprint density at radius 3 is 0.833 bits per heavy atom. The summed E-state index contributed by atoms with van der Waals surface area (Å²) < 4.78 is 11.5. The van der Waals surface area contributed by atoms with Crippen LogP contribution in [0.25, 0.3) is 38.8 Å². The minimum Gasteiger partial charge on any atom is -0.456 e. The molecule has 6 aliphatic heterocycles. The molecule has 0 spiro atoms. The Bertz CT molecular complexity index is 5280. The molecule has 1 atom stereocenters. The van der Waals surface area contributed by atoms with Crippen molar-refractivity contribution < 1.29 is 33.1 Å². The number of ether oxygens (including phenoxy) is 1. The van der Waals surface area contributed by atoms with Crippen molar-refractivity contribution in [3.8, 4) is 0 Å². The van der Waals surface area contributed by atoms with Crippen LogP contribution in [-0.4, -0.2) is 130 Å². The minimum absolute atomic E-state index is 0. The number of para-hydroxylation sites is 1. The zero-order valence-corrected chi connectivity index (χ0v) is 72.9. The predicted octanol–water partition coefficient (Wildman–Crippen LogP) is 24.9. The van der Waals surface area contributed by atoms with Crippen molar-refractivity contribution in [2.45, 2.75) is 154 Å². The number of benzene rings is 10. The van der Waals surface area contributed by atoms with Crippen molar-refractivity contribution in [3.63, 3.8) is 0 Å². The highest BCUT2D eigenvalue weighted by Crippen LogP contribution is 2.40. The van der Waals surface area contributed by atoms with Gasteiger partial charge in [-0.15, -0.1) is 0 Å². The van der Waals surface area contributed by atoms with Crippen LogP contribution in [0.3, 0.4) is 0 Å². The second-order valence-electron chi connectivity index (χ2n) is 33.9. The van der Waals surface area contributed by atoms with Crippen molar-refractivity contribution in [2.75, 3.05) is 85.1 Å². The molecule has 1 aliphatic carbocycles. The standard InChI is InChI=1S/C24H27NO.C23H25NO2.C22H21NO2.2C21H23NO.3CH4/c1-18(26)20-9-11-22(12-10-20)24(21-5-3-2-4-6-21)23-13-15-25(16-14-23)17-19-7-8-19;1-17(25)18-7-9-20(10-8-18)23(19-5-3-2-4-6-19)21-11-13-24(14-12-21)15-22-16-26-22;1-15(24)16-6-8-17(9-7-16)22(18-10-12-23-13-11-18)21-14-19-4-2-3-5-20(19)25-21;2*1-15-3-5-18(6-4-15)21(20-11-13-22-14-12-20)19-9-7-17(8-10-19)16(2)23;;;/h2-6,9-12,19H,7-8,13-17H2,1H3;2-10,22H,11-16H2,1H3;2-9,14,23H,10-13H2,1H3;2*3-10,22H,11-14H2,1-2H3;3*1H4. The summed E-state index contributed by atoms with van der Waals surface area (Å²) in [4.78, 5) is 63.0. The zero-order valence-electron chi connectivity index (χ0n) is 72.9. The van der Waals surface area contributed by atoms with Gasteiger partial charge >= 0.3 is 0 Å². The van der Waals surface area contributed by atoms with Crippen LogP contribution in [-0.2, 0) is 4.74 Å². The van der Waals surface area contributed by atoms with Gasteiger partial charge < -0.3 is 34.9 Å². The molecule has 0 bridgehead atoms. The lowest BCUT2D eigenvalue weighted by Gasteiger charge is -2.30. The fraction of sp³-hybridized carbons (Fsp3) is 0.325. The highest BCUT2D eigenvalue weighted by Gasteiger charge is 2.30. The lowest BCUT2D eigenvalue weighted by Crippen LogP contribution is -2.34. The maximum absolute atomic E-state index is 11.6. The molecule has 0 radical (unpaired) electrons. The number of hydrogen-bond acceptors (Lipinski definition) is 12. The molecule has 18 rings (SSSR count). The van der Waals surface area contributed by atoms with Crippen LogP contribution in [0, 0.1) is 19.8 Å². The van der Waals surface area contributed by atoms with Gasteiger partial charge in [0.25, 0.3) is 0 Å². The Labute approximate surface area is 750 Å². The van der Waals surface area contributed by atoms with E-state index >= 15 is 0 Å². The maximum atomic E-state index is 11.6. The van der Waals surface area contributed by atoms with Crippen LogP contribution in [0.15, 0.2) is 293 Å². The van der Waals surface area contributed by atoms with Gasteiger partial charge in [-0.2, -0.15) is 0 Å². The number of nitrogens with zero attached hydrogens (tertiary/aromatic N) is 2. The molecule has 12 nitrogen and oxygen atoms in total. The van der Waals surface area contributed by atoms with Crippen LogP contribution in [0.1, 0.15) is 253 Å². The number of Topliss-reactive ketones (excluding diaryl/α,β-unsaturated/α-hetero) is 5. The first kappa shape index (κ1) is 95.2. The van der Waals surface area contributed by atoms with Crippen molar-refractivity contribution >= 4 is 67.8 Å². The smallest absolute Gasteiger partial charge is 0.159 e. The van der Waals surface area contributed by atoms with Gasteiger partial charge in [0.1, 0.15) is 11.3 Å². The van der Waals surface area contributed by atoms with Crippen LogP contribution in [0.2, 0.25) is 0 Å². The second-order valence-corrected chi connectivity index (χ2v) is 33.9. The number of likely N-dealkylation sites (tertiary alicyclic amines) is 2. The normalized spacial score (nSPS) is 16.1. The molecule has 126 heavy (non-hydrogen) atoms. The molecule has 0 amide bonds. The molecule has 1 saturated carbocycles. The zero-order chi connectivity index (χ0) is 85.6. The molecular weight excluding hydrogens is 1550 g/mol. The summed E-state index contributed by atoms with van der Waals surface area (Å²) in [6.45, 7) is 26.3. The monoisotopic (exact) mass is 1680 g/mol. The number of rotatable bonds is 19. The van der Waals surface area contributed by atoms with E-state index in [1.165, 1.54) is 138 Å². The summed E-state index contributed by atoms with van der Waals surface area (Å²) in [6, 6.07) is 89.3. The van der Waals surface area contributed by atoms with Crippen molar-refractivity contribution in [1.82, 2.24) is 25.8 Å². The van der Waals surface area contributed by atoms with Gasteiger partial charge in [-0.05, 0) is 255 Å². The van der Waals surface area contributed by atoms with Gasteiger partial charge in [0.2, 0.25) is 0 Å². The van der Waals surface area contributed by atoms with E-state index < -0.39 is 0 Å². The molecule has 7 aliphatic rings. The van der Waals surface area contributed by atoms with Gasteiger partial charge in [0, 0.05) is 78.0 Å². The highest BCUT2D eigenvalue weighted by molar-refractivity contribution is 5.98. The summed E-state index contributed by atoms with van der Waals surface area (Å²) in [5.74, 6) is 2.43. The Balaban J connectivity index is 0.000000152. The second kappa shape index (κ2) is 46.7. The number of hydrogen-bond donors (Lipinski definition) is 3. The number of epoxide rings is 1. The Morgan fingerprint density at radius 2 is 0.548 bits per heavy atom. The van der Waals surface area contributed by atoms with Gasteiger partial charge in [-0.1, -0.05) is 310 Å². The van der Waals surface area contributed by atoms with E-state index in [9.17, 15) is 24.0 Å². The lowest BCUT2D eigenvalue weighted by atomic mass is 9.88. The first-order valence-corrected chi connectivity index (χ1v) is 44.5.